The van der Waals surface area contributed by atoms with E-state index >= 15 is 0 Å². The predicted molar refractivity (Wildman–Crippen MR) is 105 cm³/mol. The maximum Gasteiger partial charge on any atom is 0.262 e. The Labute approximate surface area is 167 Å². The number of carbonyl (C=O) groups excluding carboxylic acids is 3. The lowest BCUT2D eigenvalue weighted by Gasteiger charge is -2.43. The van der Waals surface area contributed by atoms with Gasteiger partial charge in [0.15, 0.2) is 0 Å². The summed E-state index contributed by atoms with van der Waals surface area (Å²) in [5, 5.41) is 0. The van der Waals surface area contributed by atoms with Gasteiger partial charge in [0.05, 0.1) is 11.1 Å². The summed E-state index contributed by atoms with van der Waals surface area (Å²) in [4.78, 5) is 53.7. The van der Waals surface area contributed by atoms with E-state index < -0.39 is 17.9 Å². The monoisotopic (exact) mass is 391 g/mol. The molecule has 7 heteroatoms. The summed E-state index contributed by atoms with van der Waals surface area (Å²) >= 11 is 0. The van der Waals surface area contributed by atoms with E-state index in [9.17, 15) is 19.2 Å². The maximum atomic E-state index is 13.2. The van der Waals surface area contributed by atoms with Crippen molar-refractivity contribution in [2.24, 2.45) is 5.92 Å². The molecule has 1 aromatic carbocycles. The van der Waals surface area contributed by atoms with Crippen LogP contribution in [-0.4, -0.2) is 51.2 Å². The van der Waals surface area contributed by atoms with Crippen LogP contribution in [0, 0.1) is 5.92 Å². The molecular weight excluding hydrogens is 370 g/mol. The van der Waals surface area contributed by atoms with Crippen molar-refractivity contribution >= 4 is 17.7 Å². The van der Waals surface area contributed by atoms with E-state index in [2.05, 4.69) is 0 Å². The van der Waals surface area contributed by atoms with E-state index in [1.165, 1.54) is 0 Å². The molecule has 0 spiro atoms. The second-order valence-electron chi connectivity index (χ2n) is 8.14. The van der Waals surface area contributed by atoms with Crippen molar-refractivity contribution in [2.75, 3.05) is 13.1 Å². The van der Waals surface area contributed by atoms with E-state index in [-0.39, 0.29) is 23.3 Å². The lowest BCUT2D eigenvalue weighted by molar-refractivity contribution is -0.137. The summed E-state index contributed by atoms with van der Waals surface area (Å²) in [5.41, 5.74) is 1.65. The van der Waals surface area contributed by atoms with Crippen LogP contribution < -0.4 is 5.56 Å². The lowest BCUT2D eigenvalue weighted by Crippen LogP contribution is -2.55. The Morgan fingerprint density at radius 2 is 1.62 bits per heavy atom. The minimum absolute atomic E-state index is 0.00336. The largest absolute Gasteiger partial charge is 0.340 e. The Bertz CT molecular complexity index is 1070. The second kappa shape index (κ2) is 6.40. The third-order valence-corrected chi connectivity index (χ3v) is 6.36. The zero-order valence-electron chi connectivity index (χ0n) is 16.1. The maximum absolute atomic E-state index is 13.2. The molecule has 3 aliphatic heterocycles. The molecule has 0 aliphatic carbocycles. The highest BCUT2D eigenvalue weighted by molar-refractivity contribution is 6.22. The van der Waals surface area contributed by atoms with Gasteiger partial charge in [-0.15, -0.1) is 0 Å². The summed E-state index contributed by atoms with van der Waals surface area (Å²) in [6, 6.07) is 11.1. The average Bonchev–Trinajstić information content (AvgIpc) is 2.98. The number of piperidine rings is 1. The molecule has 2 aromatic rings. The fraction of sp³-hybridized carbons (Fsp3) is 0.364. The smallest absolute Gasteiger partial charge is 0.262 e. The number of rotatable bonds is 2. The third-order valence-electron chi connectivity index (χ3n) is 6.36. The average molecular weight is 391 g/mol. The van der Waals surface area contributed by atoms with Gasteiger partial charge in [-0.25, -0.2) is 0 Å². The van der Waals surface area contributed by atoms with E-state index in [1.54, 1.807) is 48.2 Å². The zero-order chi connectivity index (χ0) is 20.3. The standard InChI is InChI=1S/C22H21N3O4/c1-13(25-21(28)16-5-2-3-6-17(16)22(25)29)20(27)23-10-14-9-15(12-23)18-7-4-8-19(26)24(18)11-14/h2-8,13-15H,9-12H2,1H3/t13-,14-,15-/m1/s1. The number of aromatic nitrogens is 1. The van der Waals surface area contributed by atoms with Crippen molar-refractivity contribution in [3.05, 3.63) is 69.6 Å². The Hall–Kier alpha value is -3.22. The van der Waals surface area contributed by atoms with Crippen LogP contribution in [-0.2, 0) is 11.3 Å². The first-order chi connectivity index (χ1) is 14.0. The highest BCUT2D eigenvalue weighted by Gasteiger charge is 2.44. The topological polar surface area (TPSA) is 79.7 Å². The lowest BCUT2D eigenvalue weighted by atomic mass is 9.83. The molecule has 3 aliphatic rings. The van der Waals surface area contributed by atoms with Crippen LogP contribution in [0.3, 0.4) is 0 Å². The number of fused-ring (bicyclic) bond motifs is 5. The Morgan fingerprint density at radius 1 is 0.931 bits per heavy atom. The van der Waals surface area contributed by atoms with Gasteiger partial charge in [-0.2, -0.15) is 0 Å². The predicted octanol–water partition coefficient (Wildman–Crippen LogP) is 1.48. The van der Waals surface area contributed by atoms with Crippen LogP contribution in [0.2, 0.25) is 0 Å². The molecule has 0 saturated carbocycles. The Morgan fingerprint density at radius 3 is 2.31 bits per heavy atom. The first-order valence-electron chi connectivity index (χ1n) is 9.91. The van der Waals surface area contributed by atoms with Gasteiger partial charge in [-0.1, -0.05) is 18.2 Å². The van der Waals surface area contributed by atoms with Crippen molar-refractivity contribution < 1.29 is 14.4 Å². The molecule has 0 radical (unpaired) electrons. The van der Waals surface area contributed by atoms with E-state index in [4.69, 9.17) is 0 Å². The molecule has 2 bridgehead atoms. The molecule has 1 saturated heterocycles. The number of amides is 3. The molecule has 5 rings (SSSR count). The van der Waals surface area contributed by atoms with Crippen molar-refractivity contribution in [2.45, 2.75) is 31.8 Å². The molecule has 148 valence electrons. The van der Waals surface area contributed by atoms with Gasteiger partial charge < -0.3 is 9.47 Å². The number of carbonyl (C=O) groups is 3. The molecule has 1 aromatic heterocycles. The molecule has 7 nitrogen and oxygen atoms in total. The van der Waals surface area contributed by atoms with E-state index in [0.717, 1.165) is 17.0 Å². The third kappa shape index (κ3) is 2.64. The first-order valence-corrected chi connectivity index (χ1v) is 9.91. The number of likely N-dealkylation sites (tertiary alicyclic amines) is 1. The molecule has 1 fully saturated rings. The van der Waals surface area contributed by atoms with Gasteiger partial charge in [0.2, 0.25) is 5.91 Å². The fourth-order valence-electron chi connectivity index (χ4n) is 5.01. The highest BCUT2D eigenvalue weighted by Crippen LogP contribution is 2.35. The van der Waals surface area contributed by atoms with Crippen LogP contribution in [0.25, 0.3) is 0 Å². The molecule has 4 heterocycles. The molecule has 3 amide bonds. The fourth-order valence-corrected chi connectivity index (χ4v) is 5.01. The number of hydrogen-bond acceptors (Lipinski definition) is 4. The van der Waals surface area contributed by atoms with Gasteiger partial charge in [0, 0.05) is 37.3 Å². The summed E-state index contributed by atoms with van der Waals surface area (Å²) in [6.45, 7) is 3.24. The SMILES string of the molecule is C[C@H](C(=O)N1C[C@H]2C[C@H](C1)c1cccc(=O)n1C2)N1C(=O)c2ccccc2C1=O. The van der Waals surface area contributed by atoms with Crippen LogP contribution >= 0.6 is 0 Å². The van der Waals surface area contributed by atoms with Gasteiger partial charge >= 0.3 is 0 Å². The molecule has 29 heavy (non-hydrogen) atoms. The number of imide groups is 1. The second-order valence-corrected chi connectivity index (χ2v) is 8.14. The Kier molecular flexibility index (Phi) is 3.94. The molecule has 3 atom stereocenters. The van der Waals surface area contributed by atoms with Gasteiger partial charge in [0.1, 0.15) is 6.04 Å². The van der Waals surface area contributed by atoms with E-state index in [0.29, 0.717) is 30.8 Å². The molecular formula is C22H21N3O4. The van der Waals surface area contributed by atoms with Gasteiger partial charge in [-0.3, -0.25) is 24.1 Å². The van der Waals surface area contributed by atoms with Crippen LogP contribution in [0.1, 0.15) is 45.7 Å². The summed E-state index contributed by atoms with van der Waals surface area (Å²) in [5.74, 6) is -0.767. The quantitative estimate of drug-likeness (QED) is 0.727. The van der Waals surface area contributed by atoms with Gasteiger partial charge in [0.25, 0.3) is 17.4 Å². The zero-order valence-corrected chi connectivity index (χ0v) is 16.1. The van der Waals surface area contributed by atoms with Crippen molar-refractivity contribution in [3.63, 3.8) is 0 Å². The summed E-state index contributed by atoms with van der Waals surface area (Å²) in [7, 11) is 0. The minimum Gasteiger partial charge on any atom is -0.340 e. The number of benzene rings is 1. The van der Waals surface area contributed by atoms with Crippen molar-refractivity contribution in [1.29, 1.82) is 0 Å². The highest BCUT2D eigenvalue weighted by atomic mass is 16.2. The van der Waals surface area contributed by atoms with Crippen molar-refractivity contribution in [3.8, 4) is 0 Å². The Balaban J connectivity index is 1.39. The number of hydrogen-bond donors (Lipinski definition) is 0. The van der Waals surface area contributed by atoms with Gasteiger partial charge in [-0.05, 0) is 37.5 Å². The molecule has 0 unspecified atom stereocenters. The minimum atomic E-state index is -0.862. The van der Waals surface area contributed by atoms with E-state index in [1.807, 2.05) is 10.6 Å². The number of nitrogens with zero attached hydrogens (tertiary/aromatic N) is 3. The van der Waals surface area contributed by atoms with Crippen LogP contribution in [0.5, 0.6) is 0 Å². The summed E-state index contributed by atoms with van der Waals surface area (Å²) in [6.07, 6.45) is 0.939. The number of pyridine rings is 1. The first kappa shape index (κ1) is 17.8. The summed E-state index contributed by atoms with van der Waals surface area (Å²) < 4.78 is 1.81. The van der Waals surface area contributed by atoms with Crippen LogP contribution in [0.15, 0.2) is 47.3 Å². The van der Waals surface area contributed by atoms with Crippen molar-refractivity contribution in [1.82, 2.24) is 14.4 Å². The molecule has 0 N–H and O–H groups in total. The van der Waals surface area contributed by atoms with Crippen LogP contribution in [0.4, 0.5) is 0 Å². The normalized spacial score (nSPS) is 23.6.